The molecule has 148 valence electrons. The Balaban J connectivity index is 1.69. The number of piperazine rings is 1. The molecule has 6 nitrogen and oxygen atoms in total. The minimum Gasteiger partial charge on any atom is -0.339 e. The molecule has 1 saturated heterocycles. The van der Waals surface area contributed by atoms with Crippen molar-refractivity contribution in [2.75, 3.05) is 26.2 Å². The van der Waals surface area contributed by atoms with Crippen molar-refractivity contribution in [3.63, 3.8) is 0 Å². The molecule has 0 N–H and O–H groups in total. The molecule has 1 aliphatic rings. The summed E-state index contributed by atoms with van der Waals surface area (Å²) in [5.74, 6) is 0.0145. The van der Waals surface area contributed by atoms with Crippen LogP contribution in [0.2, 0.25) is 5.02 Å². The molecule has 2 aromatic rings. The smallest absolute Gasteiger partial charge is 0.246 e. The summed E-state index contributed by atoms with van der Waals surface area (Å²) in [6.07, 6.45) is 3.43. The van der Waals surface area contributed by atoms with Gasteiger partial charge >= 0.3 is 0 Å². The Kier molecular flexibility index (Phi) is 6.19. The third-order valence-corrected chi connectivity index (χ3v) is 5.51. The first-order chi connectivity index (χ1) is 13.4. The van der Waals surface area contributed by atoms with Crippen LogP contribution in [0.25, 0.3) is 6.08 Å². The van der Waals surface area contributed by atoms with Crippen LogP contribution in [-0.2, 0) is 16.1 Å². The monoisotopic (exact) mass is 400 g/mol. The standard InChI is InChI=1S/C21H25ClN4O2/c1-15-19(8-9-21(28)25-12-10-24(11-13-25)17(3)27)16(2)26(23-15)14-18-6-4-5-7-20(18)22/h4-9H,10-14H2,1-3H3. The number of benzene rings is 1. The van der Waals surface area contributed by atoms with Gasteiger partial charge < -0.3 is 9.80 Å². The van der Waals surface area contributed by atoms with Crippen molar-refractivity contribution in [2.45, 2.75) is 27.3 Å². The second kappa shape index (κ2) is 8.61. The van der Waals surface area contributed by atoms with E-state index in [1.807, 2.05) is 48.9 Å². The maximum Gasteiger partial charge on any atom is 0.246 e. The van der Waals surface area contributed by atoms with Gasteiger partial charge in [0.15, 0.2) is 0 Å². The Morgan fingerprint density at radius 1 is 1.11 bits per heavy atom. The van der Waals surface area contributed by atoms with Gasteiger partial charge in [0, 0.05) is 55.5 Å². The molecule has 2 heterocycles. The number of hydrogen-bond donors (Lipinski definition) is 0. The lowest BCUT2D eigenvalue weighted by Gasteiger charge is -2.33. The third-order valence-electron chi connectivity index (χ3n) is 5.14. The Morgan fingerprint density at radius 2 is 1.75 bits per heavy atom. The van der Waals surface area contributed by atoms with E-state index in [4.69, 9.17) is 11.6 Å². The number of rotatable bonds is 4. The van der Waals surface area contributed by atoms with Gasteiger partial charge in [-0.3, -0.25) is 14.3 Å². The Bertz CT molecular complexity index is 911. The van der Waals surface area contributed by atoms with Gasteiger partial charge in [-0.1, -0.05) is 29.8 Å². The molecular weight excluding hydrogens is 376 g/mol. The van der Waals surface area contributed by atoms with Crippen LogP contribution in [0, 0.1) is 13.8 Å². The van der Waals surface area contributed by atoms with Crippen molar-refractivity contribution in [1.29, 1.82) is 0 Å². The Labute approximate surface area is 170 Å². The van der Waals surface area contributed by atoms with Gasteiger partial charge in [-0.25, -0.2) is 0 Å². The van der Waals surface area contributed by atoms with Crippen LogP contribution in [0.4, 0.5) is 0 Å². The van der Waals surface area contributed by atoms with E-state index >= 15 is 0 Å². The van der Waals surface area contributed by atoms with Crippen molar-refractivity contribution in [1.82, 2.24) is 19.6 Å². The first-order valence-electron chi connectivity index (χ1n) is 9.36. The van der Waals surface area contributed by atoms with E-state index in [1.54, 1.807) is 22.8 Å². The highest BCUT2D eigenvalue weighted by molar-refractivity contribution is 6.31. The molecule has 0 bridgehead atoms. The Morgan fingerprint density at radius 3 is 2.39 bits per heavy atom. The molecule has 1 aromatic heterocycles. The number of halogens is 1. The normalized spacial score (nSPS) is 14.7. The largest absolute Gasteiger partial charge is 0.339 e. The minimum absolute atomic E-state index is 0.0409. The van der Waals surface area contributed by atoms with Crippen LogP contribution in [0.3, 0.4) is 0 Å². The first kappa shape index (κ1) is 20.1. The highest BCUT2D eigenvalue weighted by Gasteiger charge is 2.21. The summed E-state index contributed by atoms with van der Waals surface area (Å²) in [5, 5.41) is 5.32. The van der Waals surface area contributed by atoms with Crippen LogP contribution in [0.1, 0.15) is 29.4 Å². The summed E-state index contributed by atoms with van der Waals surface area (Å²) in [7, 11) is 0. The van der Waals surface area contributed by atoms with E-state index in [9.17, 15) is 9.59 Å². The summed E-state index contributed by atoms with van der Waals surface area (Å²) in [5.41, 5.74) is 3.81. The molecule has 0 saturated carbocycles. The highest BCUT2D eigenvalue weighted by atomic mass is 35.5. The van der Waals surface area contributed by atoms with Crippen molar-refractivity contribution in [2.24, 2.45) is 0 Å². The first-order valence-corrected chi connectivity index (χ1v) is 9.74. The molecular formula is C21H25ClN4O2. The van der Waals surface area contributed by atoms with Gasteiger partial charge in [-0.15, -0.1) is 0 Å². The van der Waals surface area contributed by atoms with E-state index in [2.05, 4.69) is 5.10 Å². The summed E-state index contributed by atoms with van der Waals surface area (Å²) in [6.45, 7) is 8.37. The van der Waals surface area contributed by atoms with Crippen molar-refractivity contribution < 1.29 is 9.59 Å². The molecule has 7 heteroatoms. The van der Waals surface area contributed by atoms with Crippen LogP contribution >= 0.6 is 11.6 Å². The fraction of sp³-hybridized carbons (Fsp3) is 0.381. The van der Waals surface area contributed by atoms with E-state index < -0.39 is 0 Å². The zero-order chi connectivity index (χ0) is 20.3. The molecule has 1 aliphatic heterocycles. The molecule has 28 heavy (non-hydrogen) atoms. The zero-order valence-corrected chi connectivity index (χ0v) is 17.2. The molecule has 0 spiro atoms. The Hall–Kier alpha value is -2.60. The number of amides is 2. The summed E-state index contributed by atoms with van der Waals surface area (Å²) < 4.78 is 1.91. The fourth-order valence-corrected chi connectivity index (χ4v) is 3.59. The molecule has 3 rings (SSSR count). The van der Waals surface area contributed by atoms with E-state index in [1.165, 1.54) is 0 Å². The van der Waals surface area contributed by atoms with Crippen LogP contribution in [0.5, 0.6) is 0 Å². The SMILES string of the molecule is CC(=O)N1CCN(C(=O)C=Cc2c(C)nn(Cc3ccccc3Cl)c2C)CC1. The molecule has 1 aromatic carbocycles. The second-order valence-corrected chi connectivity index (χ2v) is 7.41. The minimum atomic E-state index is -0.0409. The zero-order valence-electron chi connectivity index (χ0n) is 16.5. The molecule has 1 fully saturated rings. The quantitative estimate of drug-likeness (QED) is 0.741. The van der Waals surface area contributed by atoms with Gasteiger partial charge in [0.1, 0.15) is 0 Å². The van der Waals surface area contributed by atoms with E-state index in [-0.39, 0.29) is 11.8 Å². The number of aromatic nitrogens is 2. The topological polar surface area (TPSA) is 58.4 Å². The lowest BCUT2D eigenvalue weighted by molar-refractivity contribution is -0.135. The maximum atomic E-state index is 12.5. The van der Waals surface area contributed by atoms with Crippen LogP contribution in [-0.4, -0.2) is 57.6 Å². The number of aryl methyl sites for hydroxylation is 1. The van der Waals surface area contributed by atoms with E-state index in [0.717, 1.165) is 22.5 Å². The predicted octanol–water partition coefficient (Wildman–Crippen LogP) is 2.91. The van der Waals surface area contributed by atoms with Gasteiger partial charge in [0.2, 0.25) is 11.8 Å². The van der Waals surface area contributed by atoms with Gasteiger partial charge in [-0.2, -0.15) is 5.10 Å². The van der Waals surface area contributed by atoms with E-state index in [0.29, 0.717) is 37.7 Å². The average Bonchev–Trinajstić information content (AvgIpc) is 2.94. The summed E-state index contributed by atoms with van der Waals surface area (Å²) in [4.78, 5) is 27.4. The van der Waals surface area contributed by atoms with Crippen molar-refractivity contribution >= 4 is 29.5 Å². The number of carbonyl (C=O) groups excluding carboxylic acids is 2. The molecule has 0 atom stereocenters. The summed E-state index contributed by atoms with van der Waals surface area (Å²) in [6, 6.07) is 7.72. The second-order valence-electron chi connectivity index (χ2n) is 7.00. The van der Waals surface area contributed by atoms with Crippen molar-refractivity contribution in [3.05, 3.63) is 57.9 Å². The van der Waals surface area contributed by atoms with Crippen molar-refractivity contribution in [3.8, 4) is 0 Å². The molecule has 0 radical (unpaired) electrons. The van der Waals surface area contributed by atoms with Gasteiger partial charge in [-0.05, 0) is 31.6 Å². The third kappa shape index (κ3) is 4.44. The fourth-order valence-electron chi connectivity index (χ4n) is 3.40. The highest BCUT2D eigenvalue weighted by Crippen LogP contribution is 2.20. The molecule has 0 unspecified atom stereocenters. The summed E-state index contributed by atoms with van der Waals surface area (Å²) >= 11 is 6.26. The predicted molar refractivity (Wildman–Crippen MR) is 110 cm³/mol. The van der Waals surface area contributed by atoms with Gasteiger partial charge in [0.05, 0.1) is 12.2 Å². The average molecular weight is 401 g/mol. The molecule has 0 aliphatic carbocycles. The van der Waals surface area contributed by atoms with Crippen LogP contribution in [0.15, 0.2) is 30.3 Å². The van der Waals surface area contributed by atoms with Crippen LogP contribution < -0.4 is 0 Å². The van der Waals surface area contributed by atoms with Gasteiger partial charge in [0.25, 0.3) is 0 Å². The maximum absolute atomic E-state index is 12.5. The molecule has 2 amide bonds. The lowest BCUT2D eigenvalue weighted by Crippen LogP contribution is -2.49. The number of nitrogens with zero attached hydrogens (tertiary/aromatic N) is 4. The number of carbonyl (C=O) groups is 2. The number of hydrogen-bond acceptors (Lipinski definition) is 3. The lowest BCUT2D eigenvalue weighted by atomic mass is 10.1.